The monoisotopic (exact) mass is 245 g/mol. The maximum atomic E-state index is 5.67. The Bertz CT molecular complexity index is 451. The van der Waals surface area contributed by atoms with E-state index in [4.69, 9.17) is 9.15 Å². The summed E-state index contributed by atoms with van der Waals surface area (Å²) in [6.07, 6.45) is 2.72. The van der Waals surface area contributed by atoms with Crippen molar-refractivity contribution in [2.45, 2.75) is 19.9 Å². The zero-order chi connectivity index (χ0) is 12.6. The van der Waals surface area contributed by atoms with E-state index in [0.29, 0.717) is 6.61 Å². The smallest absolute Gasteiger partial charge is 0.119 e. The van der Waals surface area contributed by atoms with Crippen molar-refractivity contribution in [2.24, 2.45) is 0 Å². The predicted octanol–water partition coefficient (Wildman–Crippen LogP) is 3.01. The molecule has 0 amide bonds. The molecule has 0 fully saturated rings. The van der Waals surface area contributed by atoms with Crippen LogP contribution in [-0.2, 0) is 13.0 Å². The lowest BCUT2D eigenvalue weighted by Crippen LogP contribution is -2.20. The summed E-state index contributed by atoms with van der Waals surface area (Å²) < 4.78 is 10.9. The third-order valence-electron chi connectivity index (χ3n) is 2.73. The summed E-state index contributed by atoms with van der Waals surface area (Å²) in [4.78, 5) is 0. The van der Waals surface area contributed by atoms with Gasteiger partial charge in [-0.2, -0.15) is 0 Å². The average molecular weight is 245 g/mol. The van der Waals surface area contributed by atoms with Gasteiger partial charge in [-0.1, -0.05) is 19.1 Å². The number of ether oxygens (including phenoxy) is 1. The number of aryl methyl sites for hydroxylation is 1. The van der Waals surface area contributed by atoms with Crippen LogP contribution in [-0.4, -0.2) is 13.2 Å². The predicted molar refractivity (Wildman–Crippen MR) is 71.7 cm³/mol. The summed E-state index contributed by atoms with van der Waals surface area (Å²) in [7, 11) is 0. The molecule has 0 unspecified atom stereocenters. The highest BCUT2D eigenvalue weighted by atomic mass is 16.5. The average Bonchev–Trinajstić information content (AvgIpc) is 2.92. The molecule has 0 radical (unpaired) electrons. The van der Waals surface area contributed by atoms with Crippen LogP contribution >= 0.6 is 0 Å². The zero-order valence-corrected chi connectivity index (χ0v) is 10.7. The number of nitrogens with one attached hydrogen (secondary N) is 1. The number of hydrogen-bond donors (Lipinski definition) is 1. The Labute approximate surface area is 108 Å². The van der Waals surface area contributed by atoms with Gasteiger partial charge in [0.2, 0.25) is 0 Å². The van der Waals surface area contributed by atoms with Gasteiger partial charge in [0.25, 0.3) is 0 Å². The molecule has 2 rings (SSSR count). The van der Waals surface area contributed by atoms with Crippen LogP contribution in [0.3, 0.4) is 0 Å². The van der Waals surface area contributed by atoms with Gasteiger partial charge in [-0.25, -0.2) is 0 Å². The summed E-state index contributed by atoms with van der Waals surface area (Å²) in [6, 6.07) is 12.1. The molecule has 0 bridgehead atoms. The Kier molecular flexibility index (Phi) is 4.85. The number of benzene rings is 1. The molecule has 0 saturated carbocycles. The minimum atomic E-state index is 0.661. The molecule has 1 N–H and O–H groups in total. The highest BCUT2D eigenvalue weighted by Crippen LogP contribution is 2.13. The Morgan fingerprint density at radius 2 is 2.17 bits per heavy atom. The van der Waals surface area contributed by atoms with E-state index in [0.717, 1.165) is 31.0 Å². The van der Waals surface area contributed by atoms with Gasteiger partial charge < -0.3 is 14.5 Å². The second-order valence-electron chi connectivity index (χ2n) is 4.11. The van der Waals surface area contributed by atoms with E-state index in [2.05, 4.69) is 24.4 Å². The van der Waals surface area contributed by atoms with Gasteiger partial charge >= 0.3 is 0 Å². The minimum absolute atomic E-state index is 0.661. The first kappa shape index (κ1) is 12.7. The van der Waals surface area contributed by atoms with Crippen LogP contribution in [0.4, 0.5) is 0 Å². The van der Waals surface area contributed by atoms with Crippen LogP contribution in [0.1, 0.15) is 18.2 Å². The fraction of sp³-hybridized carbons (Fsp3) is 0.333. The normalized spacial score (nSPS) is 10.5. The van der Waals surface area contributed by atoms with E-state index in [-0.39, 0.29) is 0 Å². The van der Waals surface area contributed by atoms with Crippen molar-refractivity contribution in [3.05, 3.63) is 54.0 Å². The Morgan fingerprint density at radius 1 is 1.22 bits per heavy atom. The Balaban J connectivity index is 1.65. The van der Waals surface area contributed by atoms with Crippen LogP contribution < -0.4 is 10.1 Å². The van der Waals surface area contributed by atoms with Crippen LogP contribution in [0.5, 0.6) is 5.75 Å². The molecule has 1 heterocycles. The number of rotatable bonds is 7. The lowest BCUT2D eigenvalue weighted by atomic mass is 10.2. The maximum absolute atomic E-state index is 5.67. The fourth-order valence-electron chi connectivity index (χ4n) is 1.72. The van der Waals surface area contributed by atoms with Crippen molar-refractivity contribution in [1.82, 2.24) is 5.32 Å². The zero-order valence-electron chi connectivity index (χ0n) is 10.7. The van der Waals surface area contributed by atoms with Crippen molar-refractivity contribution in [1.29, 1.82) is 0 Å². The van der Waals surface area contributed by atoms with E-state index < -0.39 is 0 Å². The van der Waals surface area contributed by atoms with E-state index in [9.17, 15) is 0 Å². The third-order valence-corrected chi connectivity index (χ3v) is 2.73. The molecule has 1 aromatic heterocycles. The maximum Gasteiger partial charge on any atom is 0.119 e. The molecular formula is C15H19NO2. The molecule has 0 saturated heterocycles. The first-order valence-electron chi connectivity index (χ1n) is 6.33. The van der Waals surface area contributed by atoms with E-state index >= 15 is 0 Å². The molecule has 3 heteroatoms. The quantitative estimate of drug-likeness (QED) is 0.761. The van der Waals surface area contributed by atoms with Crippen LogP contribution in [0.2, 0.25) is 0 Å². The molecule has 1 aromatic carbocycles. The van der Waals surface area contributed by atoms with Crippen molar-refractivity contribution < 1.29 is 9.15 Å². The van der Waals surface area contributed by atoms with Crippen LogP contribution in [0.25, 0.3) is 0 Å². The Hall–Kier alpha value is -1.74. The van der Waals surface area contributed by atoms with Gasteiger partial charge in [-0.3, -0.25) is 0 Å². The lowest BCUT2D eigenvalue weighted by molar-refractivity contribution is 0.310. The molecule has 0 aliphatic rings. The van der Waals surface area contributed by atoms with Crippen molar-refractivity contribution in [3.8, 4) is 5.75 Å². The van der Waals surface area contributed by atoms with Crippen molar-refractivity contribution >= 4 is 0 Å². The van der Waals surface area contributed by atoms with Gasteiger partial charge in [0.15, 0.2) is 0 Å². The molecule has 0 atom stereocenters. The molecule has 18 heavy (non-hydrogen) atoms. The van der Waals surface area contributed by atoms with E-state index in [1.54, 1.807) is 6.26 Å². The van der Waals surface area contributed by atoms with Gasteiger partial charge in [0, 0.05) is 6.54 Å². The highest BCUT2D eigenvalue weighted by Gasteiger charge is 1.97. The third kappa shape index (κ3) is 3.93. The molecular weight excluding hydrogens is 226 g/mol. The first-order valence-corrected chi connectivity index (χ1v) is 6.33. The molecule has 0 spiro atoms. The van der Waals surface area contributed by atoms with Gasteiger partial charge in [-0.05, 0) is 36.2 Å². The van der Waals surface area contributed by atoms with E-state index in [1.165, 1.54) is 5.56 Å². The summed E-state index contributed by atoms with van der Waals surface area (Å²) in [5.74, 6) is 1.89. The topological polar surface area (TPSA) is 34.4 Å². The summed E-state index contributed by atoms with van der Waals surface area (Å²) in [6.45, 7) is 4.35. The number of hydrogen-bond acceptors (Lipinski definition) is 3. The Morgan fingerprint density at radius 3 is 2.94 bits per heavy atom. The largest absolute Gasteiger partial charge is 0.492 e. The SMILES string of the molecule is CCc1cccc(OCCNCc2ccco2)c1. The van der Waals surface area contributed by atoms with Crippen molar-refractivity contribution in [3.63, 3.8) is 0 Å². The molecule has 3 nitrogen and oxygen atoms in total. The standard InChI is InChI=1S/C15H19NO2/c1-2-13-5-3-6-14(11-13)18-10-8-16-12-15-7-4-9-17-15/h3-7,9,11,16H,2,8,10,12H2,1H3. The molecule has 96 valence electrons. The van der Waals surface area contributed by atoms with Crippen LogP contribution in [0, 0.1) is 0 Å². The molecule has 0 aliphatic heterocycles. The summed E-state index contributed by atoms with van der Waals surface area (Å²) >= 11 is 0. The first-order chi connectivity index (χ1) is 8.88. The van der Waals surface area contributed by atoms with Crippen LogP contribution in [0.15, 0.2) is 47.1 Å². The fourth-order valence-corrected chi connectivity index (χ4v) is 1.72. The molecule has 0 aliphatic carbocycles. The lowest BCUT2D eigenvalue weighted by Gasteiger charge is -2.07. The van der Waals surface area contributed by atoms with Gasteiger partial charge in [0.05, 0.1) is 12.8 Å². The van der Waals surface area contributed by atoms with Crippen molar-refractivity contribution in [2.75, 3.05) is 13.2 Å². The minimum Gasteiger partial charge on any atom is -0.492 e. The second kappa shape index (κ2) is 6.87. The summed E-state index contributed by atoms with van der Waals surface area (Å²) in [5.41, 5.74) is 1.30. The number of furan rings is 1. The summed E-state index contributed by atoms with van der Waals surface area (Å²) in [5, 5.41) is 3.27. The van der Waals surface area contributed by atoms with Gasteiger partial charge in [-0.15, -0.1) is 0 Å². The highest BCUT2D eigenvalue weighted by molar-refractivity contribution is 5.28. The van der Waals surface area contributed by atoms with E-state index in [1.807, 2.05) is 24.3 Å². The second-order valence-corrected chi connectivity index (χ2v) is 4.11. The van der Waals surface area contributed by atoms with Gasteiger partial charge in [0.1, 0.15) is 18.1 Å². The molecule has 2 aromatic rings.